The van der Waals surface area contributed by atoms with Crippen LogP contribution < -0.4 is 10.1 Å². The number of nitrogens with one attached hydrogen (secondary N) is 1. The predicted octanol–water partition coefficient (Wildman–Crippen LogP) is 2.63. The van der Waals surface area contributed by atoms with Gasteiger partial charge in [-0.25, -0.2) is 4.99 Å². The lowest BCUT2D eigenvalue weighted by atomic mass is 10.2. The average Bonchev–Trinajstić information content (AvgIpc) is 3.10. The number of amidine groups is 1. The highest BCUT2D eigenvalue weighted by Gasteiger charge is 2.17. The van der Waals surface area contributed by atoms with Gasteiger partial charge in [0.15, 0.2) is 0 Å². The molecular weight excluding hydrogens is 308 g/mol. The first-order valence-electron chi connectivity index (χ1n) is 8.32. The van der Waals surface area contributed by atoms with E-state index in [2.05, 4.69) is 10.3 Å². The van der Waals surface area contributed by atoms with Gasteiger partial charge in [-0.15, -0.1) is 0 Å². The molecule has 0 aromatic heterocycles. The van der Waals surface area contributed by atoms with Gasteiger partial charge in [-0.2, -0.15) is 0 Å². The fourth-order valence-electron chi connectivity index (χ4n) is 2.27. The maximum atomic E-state index is 12.4. The van der Waals surface area contributed by atoms with E-state index in [9.17, 15) is 4.79 Å². The Morgan fingerprint density at radius 3 is 2.96 bits per heavy atom. The number of nitrogens with zero attached hydrogens (tertiary/aromatic N) is 1. The van der Waals surface area contributed by atoms with E-state index in [4.69, 9.17) is 14.2 Å². The first-order valence-corrected chi connectivity index (χ1v) is 8.32. The van der Waals surface area contributed by atoms with Gasteiger partial charge in [0.25, 0.3) is 11.9 Å². The molecule has 1 heterocycles. The van der Waals surface area contributed by atoms with Crippen molar-refractivity contribution in [3.63, 3.8) is 0 Å². The van der Waals surface area contributed by atoms with Crippen molar-refractivity contribution < 1.29 is 19.0 Å². The maximum absolute atomic E-state index is 12.4. The second kappa shape index (κ2) is 9.27. The van der Waals surface area contributed by atoms with Gasteiger partial charge in [0, 0.05) is 12.2 Å². The van der Waals surface area contributed by atoms with Gasteiger partial charge in [0.05, 0.1) is 26.4 Å². The van der Waals surface area contributed by atoms with Gasteiger partial charge in [-0.3, -0.25) is 10.1 Å². The summed E-state index contributed by atoms with van der Waals surface area (Å²) in [5.74, 6) is 0.694. The minimum atomic E-state index is -0.274. The lowest BCUT2D eigenvalue weighted by Crippen LogP contribution is -2.34. The van der Waals surface area contributed by atoms with Crippen molar-refractivity contribution in [2.75, 3.05) is 26.9 Å². The Balaban J connectivity index is 2.01. The largest absolute Gasteiger partial charge is 0.497 e. The molecule has 6 nitrogen and oxygen atoms in total. The number of hydrogen-bond donors (Lipinski definition) is 1. The molecule has 132 valence electrons. The van der Waals surface area contributed by atoms with Gasteiger partial charge in [-0.1, -0.05) is 19.9 Å². The van der Waals surface area contributed by atoms with Crippen molar-refractivity contribution in [2.24, 2.45) is 10.9 Å². The van der Waals surface area contributed by atoms with Crippen molar-refractivity contribution in [1.29, 1.82) is 0 Å². The summed E-state index contributed by atoms with van der Waals surface area (Å²) in [5.41, 5.74) is 0.493. The zero-order valence-corrected chi connectivity index (χ0v) is 14.6. The van der Waals surface area contributed by atoms with Gasteiger partial charge >= 0.3 is 0 Å². The molecule has 1 amide bonds. The molecular formula is C18H26N2O4. The molecule has 0 unspecified atom stereocenters. The van der Waals surface area contributed by atoms with Crippen molar-refractivity contribution in [3.8, 4) is 5.75 Å². The minimum absolute atomic E-state index is 0.108. The van der Waals surface area contributed by atoms with Crippen LogP contribution in [-0.4, -0.2) is 44.9 Å². The molecule has 0 aliphatic carbocycles. The molecule has 1 atom stereocenters. The Bertz CT molecular complexity index is 566. The van der Waals surface area contributed by atoms with Gasteiger partial charge in [0.1, 0.15) is 5.75 Å². The smallest absolute Gasteiger partial charge is 0.291 e. The summed E-state index contributed by atoms with van der Waals surface area (Å²) in [6.07, 6.45) is 2.15. The Kier molecular flexibility index (Phi) is 7.06. The molecule has 6 heteroatoms. The molecule has 24 heavy (non-hydrogen) atoms. The van der Waals surface area contributed by atoms with Gasteiger partial charge in [-0.05, 0) is 37.0 Å². The Hall–Kier alpha value is -2.08. The second-order valence-electron chi connectivity index (χ2n) is 6.17. The molecule has 1 N–H and O–H groups in total. The van der Waals surface area contributed by atoms with Crippen LogP contribution in [0.5, 0.6) is 5.75 Å². The van der Waals surface area contributed by atoms with Crippen molar-refractivity contribution >= 4 is 11.9 Å². The molecule has 1 aromatic carbocycles. The van der Waals surface area contributed by atoms with Crippen molar-refractivity contribution in [3.05, 3.63) is 29.8 Å². The summed E-state index contributed by atoms with van der Waals surface area (Å²) in [7, 11) is 1.57. The number of carbonyl (C=O) groups is 1. The highest BCUT2D eigenvalue weighted by atomic mass is 16.5. The number of carbonyl (C=O) groups excluding carboxylic acids is 1. The topological polar surface area (TPSA) is 69.2 Å². The highest BCUT2D eigenvalue weighted by Crippen LogP contribution is 2.13. The van der Waals surface area contributed by atoms with E-state index in [1.807, 2.05) is 13.8 Å². The number of hydrogen-bond acceptors (Lipinski definition) is 5. The molecule has 0 saturated carbocycles. The van der Waals surface area contributed by atoms with Crippen molar-refractivity contribution in [1.82, 2.24) is 5.32 Å². The third kappa shape index (κ3) is 5.85. The van der Waals surface area contributed by atoms with E-state index in [0.717, 1.165) is 19.4 Å². The van der Waals surface area contributed by atoms with Crippen LogP contribution in [0.1, 0.15) is 37.0 Å². The molecule has 1 aliphatic rings. The number of rotatable bonds is 6. The quantitative estimate of drug-likeness (QED) is 0.641. The van der Waals surface area contributed by atoms with Crippen LogP contribution in [0, 0.1) is 5.92 Å². The van der Waals surface area contributed by atoms with E-state index in [1.165, 1.54) is 0 Å². The van der Waals surface area contributed by atoms with E-state index in [1.54, 1.807) is 31.4 Å². The van der Waals surface area contributed by atoms with Gasteiger partial charge in [0.2, 0.25) is 0 Å². The lowest BCUT2D eigenvalue weighted by molar-refractivity contribution is 0.0959. The number of amides is 1. The van der Waals surface area contributed by atoms with Crippen LogP contribution in [-0.2, 0) is 9.47 Å². The normalized spacial score (nSPS) is 17.8. The summed E-state index contributed by atoms with van der Waals surface area (Å²) in [6, 6.07) is 7.20. The first kappa shape index (κ1) is 18.3. The summed E-state index contributed by atoms with van der Waals surface area (Å²) < 4.78 is 16.3. The monoisotopic (exact) mass is 334 g/mol. The average molecular weight is 334 g/mol. The fraction of sp³-hybridized carbons (Fsp3) is 0.556. The molecule has 2 rings (SSSR count). The summed E-state index contributed by atoms with van der Waals surface area (Å²) >= 11 is 0. The van der Waals surface area contributed by atoms with Crippen LogP contribution in [0.3, 0.4) is 0 Å². The third-order valence-corrected chi connectivity index (χ3v) is 3.57. The molecule has 1 aromatic rings. The lowest BCUT2D eigenvalue weighted by Gasteiger charge is -2.14. The molecule has 1 aliphatic heterocycles. The van der Waals surface area contributed by atoms with Crippen LogP contribution in [0.15, 0.2) is 29.3 Å². The van der Waals surface area contributed by atoms with Gasteiger partial charge < -0.3 is 14.2 Å². The Morgan fingerprint density at radius 1 is 1.46 bits per heavy atom. The SMILES string of the molecule is COc1cccc(C(=O)NC(=NC[C@@H]2CCCO2)OCC(C)C)c1. The fourth-order valence-corrected chi connectivity index (χ4v) is 2.27. The maximum Gasteiger partial charge on any atom is 0.291 e. The van der Waals surface area contributed by atoms with E-state index < -0.39 is 0 Å². The minimum Gasteiger partial charge on any atom is -0.497 e. The van der Waals surface area contributed by atoms with E-state index in [-0.39, 0.29) is 18.0 Å². The predicted molar refractivity (Wildman–Crippen MR) is 92.5 cm³/mol. The highest BCUT2D eigenvalue weighted by molar-refractivity contribution is 6.04. The zero-order valence-electron chi connectivity index (χ0n) is 14.6. The van der Waals surface area contributed by atoms with E-state index in [0.29, 0.717) is 30.4 Å². The standard InChI is InChI=1S/C18H26N2O4/c1-13(2)12-24-18(19-11-16-8-5-9-23-16)20-17(21)14-6-4-7-15(10-14)22-3/h4,6-7,10,13,16H,5,8-9,11-12H2,1-3H3,(H,19,20,21)/t16-/m0/s1. The summed E-state index contributed by atoms with van der Waals surface area (Å²) in [5, 5.41) is 2.74. The molecule has 1 fully saturated rings. The molecule has 0 spiro atoms. The van der Waals surface area contributed by atoms with Crippen LogP contribution in [0.2, 0.25) is 0 Å². The summed E-state index contributed by atoms with van der Waals surface area (Å²) in [4.78, 5) is 16.8. The van der Waals surface area contributed by atoms with E-state index >= 15 is 0 Å². The second-order valence-corrected chi connectivity index (χ2v) is 6.17. The Morgan fingerprint density at radius 2 is 2.29 bits per heavy atom. The van der Waals surface area contributed by atoms with Crippen LogP contribution >= 0.6 is 0 Å². The first-order chi connectivity index (χ1) is 11.6. The zero-order chi connectivity index (χ0) is 17.4. The third-order valence-electron chi connectivity index (χ3n) is 3.57. The number of benzene rings is 1. The summed E-state index contributed by atoms with van der Waals surface area (Å²) in [6.45, 7) is 5.84. The number of ether oxygens (including phenoxy) is 3. The van der Waals surface area contributed by atoms with Crippen LogP contribution in [0.4, 0.5) is 0 Å². The molecule has 0 radical (unpaired) electrons. The number of aliphatic imine (C=N–C) groups is 1. The van der Waals surface area contributed by atoms with Crippen LogP contribution in [0.25, 0.3) is 0 Å². The molecule has 1 saturated heterocycles. The number of methoxy groups -OCH3 is 1. The Labute approximate surface area is 143 Å². The molecule has 0 bridgehead atoms. The van der Waals surface area contributed by atoms with Crippen molar-refractivity contribution in [2.45, 2.75) is 32.8 Å².